The molecule has 0 unspecified atom stereocenters. The van der Waals surface area contributed by atoms with Gasteiger partial charge in [0.05, 0.1) is 0 Å². The molecule has 0 saturated heterocycles. The third-order valence-corrected chi connectivity index (χ3v) is 1.29. The third-order valence-electron chi connectivity index (χ3n) is 1.29. The molecule has 3 nitrogen and oxygen atoms in total. The van der Waals surface area contributed by atoms with Gasteiger partial charge in [-0.25, -0.2) is 0 Å². The van der Waals surface area contributed by atoms with E-state index in [4.69, 9.17) is 5.73 Å². The number of hydrogen-bond donors (Lipinski definition) is 2. The highest BCUT2D eigenvalue weighted by molar-refractivity contribution is 5.92. The molecule has 1 atom stereocenters. The van der Waals surface area contributed by atoms with E-state index in [0.29, 0.717) is 5.57 Å². The second-order valence-electron chi connectivity index (χ2n) is 3.34. The van der Waals surface area contributed by atoms with Crippen LogP contribution in [0.5, 0.6) is 0 Å². The summed E-state index contributed by atoms with van der Waals surface area (Å²) in [5, 5.41) is 2.79. The largest absolute Gasteiger partial charge is 0.350 e. The Morgan fingerprint density at radius 3 is 2.15 bits per heavy atom. The van der Waals surface area contributed by atoms with Crippen molar-refractivity contribution in [1.29, 1.82) is 0 Å². The average Bonchev–Trinajstić information content (AvgIpc) is 1.84. The highest BCUT2D eigenvalue weighted by Gasteiger charge is 2.05. The van der Waals surface area contributed by atoms with E-state index in [9.17, 15) is 4.79 Å². The SMILES string of the molecule is C/C(=C/[C@H](C)N)C(=O)NC(C)C.Cl. The first-order valence-electron chi connectivity index (χ1n) is 4.18. The summed E-state index contributed by atoms with van der Waals surface area (Å²) in [4.78, 5) is 11.3. The maximum atomic E-state index is 11.3. The minimum Gasteiger partial charge on any atom is -0.350 e. The molecule has 3 N–H and O–H groups in total. The van der Waals surface area contributed by atoms with Crippen molar-refractivity contribution in [2.24, 2.45) is 5.73 Å². The Morgan fingerprint density at radius 1 is 1.38 bits per heavy atom. The maximum absolute atomic E-state index is 11.3. The summed E-state index contributed by atoms with van der Waals surface area (Å²) < 4.78 is 0. The summed E-state index contributed by atoms with van der Waals surface area (Å²) >= 11 is 0. The molecule has 0 aliphatic rings. The van der Waals surface area contributed by atoms with Gasteiger partial charge in [0.15, 0.2) is 0 Å². The van der Waals surface area contributed by atoms with Crippen molar-refractivity contribution in [3.63, 3.8) is 0 Å². The van der Waals surface area contributed by atoms with Gasteiger partial charge in [0.25, 0.3) is 0 Å². The monoisotopic (exact) mass is 206 g/mol. The Morgan fingerprint density at radius 2 is 1.85 bits per heavy atom. The van der Waals surface area contributed by atoms with Gasteiger partial charge in [-0.1, -0.05) is 6.08 Å². The summed E-state index contributed by atoms with van der Waals surface area (Å²) in [5.74, 6) is -0.0395. The van der Waals surface area contributed by atoms with E-state index in [-0.39, 0.29) is 30.4 Å². The number of carbonyl (C=O) groups is 1. The van der Waals surface area contributed by atoms with Gasteiger partial charge in [-0.05, 0) is 27.7 Å². The second kappa shape index (κ2) is 6.92. The van der Waals surface area contributed by atoms with Crippen molar-refractivity contribution in [2.45, 2.75) is 39.8 Å². The van der Waals surface area contributed by atoms with Crippen molar-refractivity contribution in [1.82, 2.24) is 5.32 Å². The predicted octanol–water partition coefficient (Wildman–Crippen LogP) is 1.23. The number of carbonyl (C=O) groups excluding carboxylic acids is 1. The van der Waals surface area contributed by atoms with Gasteiger partial charge in [-0.15, -0.1) is 12.4 Å². The fourth-order valence-electron chi connectivity index (χ4n) is 0.846. The van der Waals surface area contributed by atoms with E-state index in [0.717, 1.165) is 0 Å². The first-order chi connectivity index (χ1) is 5.43. The first-order valence-corrected chi connectivity index (χ1v) is 4.18. The summed E-state index contributed by atoms with van der Waals surface area (Å²) in [6, 6.07) is 0.108. The Bertz CT molecular complexity index is 188. The van der Waals surface area contributed by atoms with Crippen LogP contribution < -0.4 is 11.1 Å². The van der Waals surface area contributed by atoms with Crippen molar-refractivity contribution >= 4 is 18.3 Å². The molecule has 0 saturated carbocycles. The van der Waals surface area contributed by atoms with E-state index in [2.05, 4.69) is 5.32 Å². The zero-order valence-corrected chi connectivity index (χ0v) is 9.44. The number of nitrogens with two attached hydrogens (primary N) is 1. The van der Waals surface area contributed by atoms with Crippen LogP contribution in [0.1, 0.15) is 27.7 Å². The van der Waals surface area contributed by atoms with Crippen molar-refractivity contribution in [3.8, 4) is 0 Å². The molecule has 0 aromatic carbocycles. The lowest BCUT2D eigenvalue weighted by molar-refractivity contribution is -0.117. The summed E-state index contributed by atoms with van der Waals surface area (Å²) in [7, 11) is 0. The van der Waals surface area contributed by atoms with E-state index in [1.54, 1.807) is 13.0 Å². The third kappa shape index (κ3) is 7.81. The van der Waals surface area contributed by atoms with Gasteiger partial charge in [0.2, 0.25) is 5.91 Å². The van der Waals surface area contributed by atoms with Gasteiger partial charge in [0, 0.05) is 17.7 Å². The molecule has 78 valence electrons. The van der Waals surface area contributed by atoms with Gasteiger partial charge >= 0.3 is 0 Å². The quantitative estimate of drug-likeness (QED) is 0.683. The Kier molecular flexibility index (Phi) is 7.96. The average molecular weight is 207 g/mol. The minimum absolute atomic E-state index is 0. The number of rotatable bonds is 3. The molecule has 4 heteroatoms. The van der Waals surface area contributed by atoms with Crippen LogP contribution in [0.3, 0.4) is 0 Å². The normalized spacial score (nSPS) is 13.5. The summed E-state index contributed by atoms with van der Waals surface area (Å²) in [6.45, 7) is 7.46. The molecule has 0 aromatic heterocycles. The smallest absolute Gasteiger partial charge is 0.246 e. The number of halogens is 1. The molecule has 0 bridgehead atoms. The fraction of sp³-hybridized carbons (Fsp3) is 0.667. The van der Waals surface area contributed by atoms with Crippen LogP contribution in [-0.2, 0) is 4.79 Å². The van der Waals surface area contributed by atoms with E-state index < -0.39 is 0 Å². The molecule has 0 aromatic rings. The Hall–Kier alpha value is -0.540. The fourth-order valence-corrected chi connectivity index (χ4v) is 0.846. The number of nitrogens with one attached hydrogen (secondary N) is 1. The minimum atomic E-state index is -0.0667. The zero-order chi connectivity index (χ0) is 9.72. The molecule has 0 aliphatic carbocycles. The Balaban J connectivity index is 0. The van der Waals surface area contributed by atoms with E-state index in [1.165, 1.54) is 0 Å². The summed E-state index contributed by atoms with van der Waals surface area (Å²) in [6.07, 6.45) is 1.75. The number of amides is 1. The van der Waals surface area contributed by atoms with Gasteiger partial charge in [-0.2, -0.15) is 0 Å². The zero-order valence-electron chi connectivity index (χ0n) is 8.63. The maximum Gasteiger partial charge on any atom is 0.246 e. The van der Waals surface area contributed by atoms with Gasteiger partial charge in [-0.3, -0.25) is 4.79 Å². The van der Waals surface area contributed by atoms with E-state index >= 15 is 0 Å². The van der Waals surface area contributed by atoms with Crippen LogP contribution in [-0.4, -0.2) is 18.0 Å². The molecule has 0 heterocycles. The lowest BCUT2D eigenvalue weighted by atomic mass is 10.2. The number of hydrogen-bond acceptors (Lipinski definition) is 2. The molecular formula is C9H19ClN2O. The van der Waals surface area contributed by atoms with Gasteiger partial charge in [0.1, 0.15) is 0 Å². The van der Waals surface area contributed by atoms with Crippen LogP contribution in [0.25, 0.3) is 0 Å². The molecule has 0 spiro atoms. The van der Waals surface area contributed by atoms with E-state index in [1.807, 2.05) is 20.8 Å². The highest BCUT2D eigenvalue weighted by atomic mass is 35.5. The highest BCUT2D eigenvalue weighted by Crippen LogP contribution is 1.95. The Labute approximate surface area is 86.2 Å². The lowest BCUT2D eigenvalue weighted by Crippen LogP contribution is -2.31. The van der Waals surface area contributed by atoms with Crippen molar-refractivity contribution < 1.29 is 4.79 Å². The molecule has 1 amide bonds. The molecule has 13 heavy (non-hydrogen) atoms. The van der Waals surface area contributed by atoms with Crippen molar-refractivity contribution in [2.75, 3.05) is 0 Å². The topological polar surface area (TPSA) is 55.1 Å². The van der Waals surface area contributed by atoms with Crippen LogP contribution in [0.4, 0.5) is 0 Å². The van der Waals surface area contributed by atoms with Crippen LogP contribution in [0, 0.1) is 0 Å². The van der Waals surface area contributed by atoms with Crippen LogP contribution >= 0.6 is 12.4 Å². The molecule has 0 radical (unpaired) electrons. The van der Waals surface area contributed by atoms with Crippen LogP contribution in [0.15, 0.2) is 11.6 Å². The summed E-state index contributed by atoms with van der Waals surface area (Å²) in [5.41, 5.74) is 6.18. The van der Waals surface area contributed by atoms with Gasteiger partial charge < -0.3 is 11.1 Å². The van der Waals surface area contributed by atoms with Crippen molar-refractivity contribution in [3.05, 3.63) is 11.6 Å². The molecule has 0 aliphatic heterocycles. The molecular weight excluding hydrogens is 188 g/mol. The lowest BCUT2D eigenvalue weighted by Gasteiger charge is -2.08. The standard InChI is InChI=1S/C9H18N2O.ClH/c1-6(2)11-9(12)7(3)5-8(4)10;/h5-6,8H,10H2,1-4H3,(H,11,12);1H/b7-5-;/t8-;/m0./s1. The van der Waals surface area contributed by atoms with Crippen LogP contribution in [0.2, 0.25) is 0 Å². The predicted molar refractivity (Wildman–Crippen MR) is 57.9 cm³/mol. The first kappa shape index (κ1) is 15.0. The molecule has 0 rings (SSSR count). The second-order valence-corrected chi connectivity index (χ2v) is 3.34. The molecule has 0 fully saturated rings.